The van der Waals surface area contributed by atoms with E-state index in [4.69, 9.17) is 19.5 Å². The fraction of sp³-hybridized carbons (Fsp3) is 0.415. The molecule has 0 saturated carbocycles. The SMILES string of the molecule is Cc1cnc2c(c1)c1cc(C(C)(C)C)cc3c1n2-c1cc(Oc2cc(C4=NC(C)(C)CO4)cc(C(C)(C)C)c2)c(C)cc1C3(C)C. The number of aryl methyl sites for hydroxylation is 2. The summed E-state index contributed by atoms with van der Waals surface area (Å²) in [4.78, 5) is 9.91. The zero-order chi connectivity index (χ0) is 33.1. The van der Waals surface area contributed by atoms with Crippen molar-refractivity contribution in [3.8, 4) is 17.2 Å². The molecule has 5 heteroatoms. The van der Waals surface area contributed by atoms with E-state index >= 15 is 0 Å². The molecular formula is C41H47N3O2. The normalized spacial score (nSPS) is 16.8. The van der Waals surface area contributed by atoms with E-state index in [-0.39, 0.29) is 21.8 Å². The van der Waals surface area contributed by atoms with Crippen molar-refractivity contribution in [2.45, 2.75) is 105 Å². The van der Waals surface area contributed by atoms with Gasteiger partial charge in [0.2, 0.25) is 5.90 Å². The van der Waals surface area contributed by atoms with Crippen molar-refractivity contribution in [2.24, 2.45) is 4.99 Å². The van der Waals surface area contributed by atoms with Crippen molar-refractivity contribution in [3.63, 3.8) is 0 Å². The molecule has 0 atom stereocenters. The molecule has 0 N–H and O–H groups in total. The van der Waals surface area contributed by atoms with Gasteiger partial charge >= 0.3 is 0 Å². The summed E-state index contributed by atoms with van der Waals surface area (Å²) < 4.78 is 15.3. The Bertz CT molecular complexity index is 2110. The van der Waals surface area contributed by atoms with Crippen LogP contribution in [-0.2, 0) is 21.0 Å². The molecular weight excluding hydrogens is 566 g/mol. The summed E-state index contributed by atoms with van der Waals surface area (Å²) in [5, 5.41) is 2.45. The lowest BCUT2D eigenvalue weighted by Crippen LogP contribution is -2.27. The lowest BCUT2D eigenvalue weighted by molar-refractivity contribution is 0.279. The first-order valence-corrected chi connectivity index (χ1v) is 16.5. The highest BCUT2D eigenvalue weighted by Gasteiger charge is 2.38. The number of hydrogen-bond donors (Lipinski definition) is 0. The lowest BCUT2D eigenvalue weighted by Gasteiger charge is -2.36. The molecule has 5 nitrogen and oxygen atoms in total. The Morgan fingerprint density at radius 2 is 1.48 bits per heavy atom. The molecule has 238 valence electrons. The van der Waals surface area contributed by atoms with Gasteiger partial charge in [0.05, 0.1) is 16.7 Å². The second-order valence-corrected chi connectivity index (χ2v) is 16.8. The van der Waals surface area contributed by atoms with Crippen molar-refractivity contribution in [2.75, 3.05) is 6.61 Å². The van der Waals surface area contributed by atoms with Crippen LogP contribution in [0.4, 0.5) is 0 Å². The Morgan fingerprint density at radius 1 is 0.783 bits per heavy atom. The number of ether oxygens (including phenoxy) is 2. The first-order valence-electron chi connectivity index (χ1n) is 16.5. The standard InChI is InChI=1S/C41H47N3O2/c1-23-13-30-29-18-27(39(6,7)8)19-32-35(29)44(36(30)42-21-23)33-20-34(24(2)14-31(33)41(32,11)12)46-28-16-25(15-26(17-28)38(3,4)5)37-43-40(9,10)22-45-37/h13-21H,22H2,1-12H3. The molecule has 0 bridgehead atoms. The molecule has 0 saturated heterocycles. The maximum Gasteiger partial charge on any atom is 0.216 e. The summed E-state index contributed by atoms with van der Waals surface area (Å²) in [6, 6.07) is 18.1. The van der Waals surface area contributed by atoms with Crippen LogP contribution in [0, 0.1) is 13.8 Å². The summed E-state index contributed by atoms with van der Waals surface area (Å²) in [6.45, 7) is 27.3. The van der Waals surface area contributed by atoms with E-state index in [1.165, 1.54) is 38.5 Å². The smallest absolute Gasteiger partial charge is 0.216 e. The number of fused-ring (bicyclic) bond motifs is 5. The van der Waals surface area contributed by atoms with E-state index in [1.807, 2.05) is 6.20 Å². The van der Waals surface area contributed by atoms with Gasteiger partial charge in [-0.2, -0.15) is 0 Å². The third-order valence-electron chi connectivity index (χ3n) is 9.80. The number of nitrogens with zero attached hydrogens (tertiary/aromatic N) is 3. The van der Waals surface area contributed by atoms with E-state index < -0.39 is 0 Å². The van der Waals surface area contributed by atoms with Crippen molar-refractivity contribution >= 4 is 27.8 Å². The van der Waals surface area contributed by atoms with Gasteiger partial charge in [0.15, 0.2) is 0 Å². The molecule has 0 amide bonds. The van der Waals surface area contributed by atoms with Crippen LogP contribution in [0.3, 0.4) is 0 Å². The van der Waals surface area contributed by atoms with Gasteiger partial charge in [0.25, 0.3) is 0 Å². The molecule has 0 radical (unpaired) electrons. The Morgan fingerprint density at radius 3 is 2.13 bits per heavy atom. The van der Waals surface area contributed by atoms with Gasteiger partial charge in [0.1, 0.15) is 23.8 Å². The van der Waals surface area contributed by atoms with E-state index in [9.17, 15) is 0 Å². The Labute approximate surface area is 273 Å². The Hall–Kier alpha value is -4.12. The first kappa shape index (κ1) is 30.5. The van der Waals surface area contributed by atoms with E-state index in [0.29, 0.717) is 12.5 Å². The Balaban J connectivity index is 1.45. The highest BCUT2D eigenvalue weighted by molar-refractivity contribution is 6.11. The average molecular weight is 614 g/mol. The lowest BCUT2D eigenvalue weighted by atomic mass is 9.72. The van der Waals surface area contributed by atoms with Crippen LogP contribution < -0.4 is 4.74 Å². The topological polar surface area (TPSA) is 48.6 Å². The molecule has 0 spiro atoms. The minimum atomic E-state index is -0.239. The summed E-state index contributed by atoms with van der Waals surface area (Å²) >= 11 is 0. The summed E-state index contributed by atoms with van der Waals surface area (Å²) in [6.07, 6.45) is 1.98. The van der Waals surface area contributed by atoms with Crippen LogP contribution >= 0.6 is 0 Å². The largest absolute Gasteiger partial charge is 0.475 e. The molecule has 46 heavy (non-hydrogen) atoms. The minimum absolute atomic E-state index is 0.0195. The van der Waals surface area contributed by atoms with Crippen molar-refractivity contribution < 1.29 is 9.47 Å². The molecule has 7 rings (SSSR count). The maximum absolute atomic E-state index is 6.84. The summed E-state index contributed by atoms with van der Waals surface area (Å²) in [5.74, 6) is 2.29. The fourth-order valence-corrected chi connectivity index (χ4v) is 6.96. The number of benzene rings is 3. The highest BCUT2D eigenvalue weighted by Crippen LogP contribution is 2.50. The monoisotopic (exact) mass is 613 g/mol. The second kappa shape index (κ2) is 9.70. The van der Waals surface area contributed by atoms with Crippen LogP contribution in [0.1, 0.15) is 108 Å². The third-order valence-corrected chi connectivity index (χ3v) is 9.80. The predicted molar refractivity (Wildman–Crippen MR) is 191 cm³/mol. The van der Waals surface area contributed by atoms with Gasteiger partial charge in [-0.15, -0.1) is 0 Å². The third kappa shape index (κ3) is 4.82. The van der Waals surface area contributed by atoms with Gasteiger partial charge < -0.3 is 9.47 Å². The molecule has 0 aliphatic carbocycles. The van der Waals surface area contributed by atoms with Crippen LogP contribution in [0.15, 0.2) is 59.7 Å². The van der Waals surface area contributed by atoms with Gasteiger partial charge in [-0.25, -0.2) is 9.98 Å². The molecule has 0 unspecified atom stereocenters. The number of aromatic nitrogens is 2. The molecule has 2 aliphatic heterocycles. The first-order chi connectivity index (χ1) is 21.3. The Kier molecular flexibility index (Phi) is 6.44. The minimum Gasteiger partial charge on any atom is -0.475 e. The number of aliphatic imine (C=N–C) groups is 1. The van der Waals surface area contributed by atoms with E-state index in [0.717, 1.165) is 39.5 Å². The summed E-state index contributed by atoms with van der Waals surface area (Å²) in [7, 11) is 0. The quantitative estimate of drug-likeness (QED) is 0.203. The van der Waals surface area contributed by atoms with Crippen molar-refractivity contribution in [3.05, 3.63) is 93.7 Å². The van der Waals surface area contributed by atoms with Crippen LogP contribution in [0.5, 0.6) is 11.5 Å². The highest BCUT2D eigenvalue weighted by atomic mass is 16.5. The van der Waals surface area contributed by atoms with Gasteiger partial charge in [-0.05, 0) is 108 Å². The maximum atomic E-state index is 6.84. The molecule has 5 aromatic rings. The zero-order valence-electron chi connectivity index (χ0n) is 29.6. The second-order valence-electron chi connectivity index (χ2n) is 16.8. The molecule has 2 aromatic heterocycles. The molecule has 4 heterocycles. The molecule has 3 aromatic carbocycles. The van der Waals surface area contributed by atoms with Crippen LogP contribution in [-0.4, -0.2) is 27.6 Å². The van der Waals surface area contributed by atoms with Crippen LogP contribution in [0.25, 0.3) is 27.6 Å². The van der Waals surface area contributed by atoms with Crippen molar-refractivity contribution in [1.29, 1.82) is 0 Å². The molecule has 2 aliphatic rings. The van der Waals surface area contributed by atoms with E-state index in [2.05, 4.69) is 136 Å². The van der Waals surface area contributed by atoms with Gasteiger partial charge in [-0.3, -0.25) is 4.57 Å². The molecule has 0 fully saturated rings. The predicted octanol–water partition coefficient (Wildman–Crippen LogP) is 10.4. The van der Waals surface area contributed by atoms with E-state index in [1.54, 1.807) is 0 Å². The number of rotatable bonds is 3. The fourth-order valence-electron chi connectivity index (χ4n) is 6.96. The number of hydrogen-bond acceptors (Lipinski definition) is 4. The average Bonchev–Trinajstić information content (AvgIpc) is 3.48. The van der Waals surface area contributed by atoms with Gasteiger partial charge in [-0.1, -0.05) is 61.5 Å². The summed E-state index contributed by atoms with van der Waals surface area (Å²) in [5.41, 5.74) is 11.2. The number of pyridine rings is 1. The van der Waals surface area contributed by atoms with Crippen molar-refractivity contribution in [1.82, 2.24) is 9.55 Å². The zero-order valence-corrected chi connectivity index (χ0v) is 29.6. The van der Waals surface area contributed by atoms with Gasteiger partial charge in [0, 0.05) is 34.0 Å². The van der Waals surface area contributed by atoms with Crippen LogP contribution in [0.2, 0.25) is 0 Å².